The first-order valence-electron chi connectivity index (χ1n) is 8.38. The lowest BCUT2D eigenvalue weighted by Gasteiger charge is -2.12. The monoisotopic (exact) mass is 348 g/mol. The van der Waals surface area contributed by atoms with Crippen molar-refractivity contribution in [2.75, 3.05) is 6.61 Å². The van der Waals surface area contributed by atoms with Gasteiger partial charge in [0, 0.05) is 23.1 Å². The van der Waals surface area contributed by atoms with Gasteiger partial charge >= 0.3 is 5.97 Å². The number of ether oxygens (including phenoxy) is 1. The molecular formula is C22H20O4. The first kappa shape index (κ1) is 19.1. The molecule has 2 aromatic rings. The Morgan fingerprint density at radius 1 is 0.962 bits per heavy atom. The fourth-order valence-corrected chi connectivity index (χ4v) is 2.37. The lowest BCUT2D eigenvalue weighted by molar-refractivity contribution is -0.146. The third-order valence-corrected chi connectivity index (χ3v) is 3.78. The van der Waals surface area contributed by atoms with Crippen molar-refractivity contribution in [1.82, 2.24) is 0 Å². The molecule has 0 aromatic heterocycles. The molecule has 132 valence electrons. The predicted octanol–water partition coefficient (Wildman–Crippen LogP) is 3.69. The molecule has 0 aliphatic carbocycles. The molecule has 0 saturated carbocycles. The molecule has 4 nitrogen and oxygen atoms in total. The zero-order valence-corrected chi connectivity index (χ0v) is 14.8. The van der Waals surface area contributed by atoms with Gasteiger partial charge in [-0.25, -0.2) is 0 Å². The number of rotatable bonds is 6. The summed E-state index contributed by atoms with van der Waals surface area (Å²) < 4.78 is 5.03. The Kier molecular flexibility index (Phi) is 6.87. The van der Waals surface area contributed by atoms with Crippen LogP contribution >= 0.6 is 0 Å². The van der Waals surface area contributed by atoms with Gasteiger partial charge in [-0.1, -0.05) is 54.3 Å². The number of benzene rings is 2. The minimum atomic E-state index is -0.957. The molecule has 0 N–H and O–H groups in total. The van der Waals surface area contributed by atoms with Crippen LogP contribution in [0.25, 0.3) is 0 Å². The normalized spacial score (nSPS) is 11.0. The zero-order valence-electron chi connectivity index (χ0n) is 14.8. The number of carbonyl (C=O) groups is 3. The number of ketones is 2. The lowest BCUT2D eigenvalue weighted by atomic mass is 9.94. The molecule has 26 heavy (non-hydrogen) atoms. The van der Waals surface area contributed by atoms with Gasteiger partial charge in [-0.3, -0.25) is 14.4 Å². The van der Waals surface area contributed by atoms with Crippen LogP contribution in [0.3, 0.4) is 0 Å². The topological polar surface area (TPSA) is 60.4 Å². The summed E-state index contributed by atoms with van der Waals surface area (Å²) in [4.78, 5) is 36.1. The van der Waals surface area contributed by atoms with Gasteiger partial charge in [-0.05, 0) is 26.0 Å². The Labute approximate surface area is 153 Å². The van der Waals surface area contributed by atoms with E-state index in [-0.39, 0.29) is 24.6 Å². The van der Waals surface area contributed by atoms with Crippen LogP contribution in [-0.4, -0.2) is 24.1 Å². The molecule has 0 radical (unpaired) electrons. The van der Waals surface area contributed by atoms with Crippen LogP contribution in [0.15, 0.2) is 54.6 Å². The fraction of sp³-hybridized carbons (Fsp3) is 0.227. The van der Waals surface area contributed by atoms with Gasteiger partial charge in [-0.15, -0.1) is 0 Å². The second-order valence-electron chi connectivity index (χ2n) is 5.67. The smallest absolute Gasteiger partial charge is 0.317 e. The van der Waals surface area contributed by atoms with Gasteiger partial charge in [0.1, 0.15) is 5.92 Å². The average Bonchev–Trinajstić information content (AvgIpc) is 2.66. The average molecular weight is 348 g/mol. The van der Waals surface area contributed by atoms with E-state index in [1.165, 1.54) is 6.92 Å². The van der Waals surface area contributed by atoms with E-state index in [1.807, 2.05) is 0 Å². The summed E-state index contributed by atoms with van der Waals surface area (Å²) in [6, 6.07) is 15.5. The summed E-state index contributed by atoms with van der Waals surface area (Å²) in [7, 11) is 0. The van der Waals surface area contributed by atoms with Gasteiger partial charge in [0.05, 0.1) is 6.61 Å². The highest BCUT2D eigenvalue weighted by molar-refractivity contribution is 6.08. The van der Waals surface area contributed by atoms with Gasteiger partial charge < -0.3 is 4.74 Å². The minimum Gasteiger partial charge on any atom is -0.465 e. The number of Topliss-reactive ketones (excluding diaryl/α,β-unsaturated/α-hetero) is 2. The molecule has 1 unspecified atom stereocenters. The van der Waals surface area contributed by atoms with Crippen molar-refractivity contribution in [2.45, 2.75) is 20.3 Å². The SMILES string of the molecule is CCOC(=O)C(CC#Cc1ccc(C(C)=O)cc1)C(=O)c1ccccc1. The van der Waals surface area contributed by atoms with Crippen LogP contribution in [0.5, 0.6) is 0 Å². The first-order valence-corrected chi connectivity index (χ1v) is 8.38. The van der Waals surface area contributed by atoms with E-state index in [0.29, 0.717) is 16.7 Å². The molecule has 2 rings (SSSR count). The van der Waals surface area contributed by atoms with Crippen molar-refractivity contribution in [3.8, 4) is 11.8 Å². The fourth-order valence-electron chi connectivity index (χ4n) is 2.37. The Morgan fingerprint density at radius 3 is 2.19 bits per heavy atom. The van der Waals surface area contributed by atoms with Gasteiger partial charge in [-0.2, -0.15) is 0 Å². The summed E-state index contributed by atoms with van der Waals surface area (Å²) in [6.45, 7) is 3.40. The number of hydrogen-bond donors (Lipinski definition) is 0. The van der Waals surface area contributed by atoms with Crippen LogP contribution in [-0.2, 0) is 9.53 Å². The Balaban J connectivity index is 2.16. The predicted molar refractivity (Wildman–Crippen MR) is 98.8 cm³/mol. The van der Waals surface area contributed by atoms with Crippen LogP contribution in [0.4, 0.5) is 0 Å². The molecule has 0 heterocycles. The molecule has 0 aliphatic rings. The summed E-state index contributed by atoms with van der Waals surface area (Å²) in [6.07, 6.45) is 0.0705. The van der Waals surface area contributed by atoms with E-state index in [2.05, 4.69) is 11.8 Å². The van der Waals surface area contributed by atoms with Crippen molar-refractivity contribution < 1.29 is 19.1 Å². The third kappa shape index (κ3) is 5.15. The minimum absolute atomic E-state index is 0.0136. The molecule has 4 heteroatoms. The Bertz CT molecular complexity index is 839. The lowest BCUT2D eigenvalue weighted by Crippen LogP contribution is -2.26. The van der Waals surface area contributed by atoms with Crippen LogP contribution < -0.4 is 0 Å². The molecule has 0 spiro atoms. The summed E-state index contributed by atoms with van der Waals surface area (Å²) in [5.74, 6) is 3.97. The number of hydrogen-bond acceptors (Lipinski definition) is 4. The maximum Gasteiger partial charge on any atom is 0.317 e. The third-order valence-electron chi connectivity index (χ3n) is 3.78. The van der Waals surface area contributed by atoms with Gasteiger partial charge in [0.2, 0.25) is 0 Å². The summed E-state index contributed by atoms with van der Waals surface area (Å²) >= 11 is 0. The van der Waals surface area contributed by atoms with Gasteiger partial charge in [0.15, 0.2) is 11.6 Å². The van der Waals surface area contributed by atoms with Crippen molar-refractivity contribution in [3.05, 3.63) is 71.3 Å². The Morgan fingerprint density at radius 2 is 1.62 bits per heavy atom. The standard InChI is InChI=1S/C22H20O4/c1-3-26-22(25)20(21(24)19-9-5-4-6-10-19)11-7-8-17-12-14-18(15-13-17)16(2)23/h4-6,9-10,12-15,20H,3,11H2,1-2H3. The van der Waals surface area contributed by atoms with E-state index < -0.39 is 11.9 Å². The molecule has 1 atom stereocenters. The highest BCUT2D eigenvalue weighted by Gasteiger charge is 2.28. The molecule has 0 saturated heterocycles. The maximum atomic E-state index is 12.6. The van der Waals surface area contributed by atoms with E-state index in [1.54, 1.807) is 61.5 Å². The van der Waals surface area contributed by atoms with Crippen LogP contribution in [0.2, 0.25) is 0 Å². The Hall–Kier alpha value is -3.19. The number of esters is 1. The zero-order chi connectivity index (χ0) is 18.9. The molecule has 2 aromatic carbocycles. The largest absolute Gasteiger partial charge is 0.465 e. The quantitative estimate of drug-likeness (QED) is 0.346. The molecule has 0 bridgehead atoms. The first-order chi connectivity index (χ1) is 12.5. The van der Waals surface area contributed by atoms with E-state index in [4.69, 9.17) is 4.74 Å². The van der Waals surface area contributed by atoms with Crippen LogP contribution in [0.1, 0.15) is 46.5 Å². The second kappa shape index (κ2) is 9.33. The number of carbonyl (C=O) groups excluding carboxylic acids is 3. The second-order valence-corrected chi connectivity index (χ2v) is 5.67. The molecule has 0 fully saturated rings. The molecule has 0 aliphatic heterocycles. The van der Waals surface area contributed by atoms with Crippen molar-refractivity contribution in [1.29, 1.82) is 0 Å². The van der Waals surface area contributed by atoms with E-state index in [9.17, 15) is 14.4 Å². The summed E-state index contributed by atoms with van der Waals surface area (Å²) in [5, 5.41) is 0. The van der Waals surface area contributed by atoms with Crippen molar-refractivity contribution >= 4 is 17.5 Å². The van der Waals surface area contributed by atoms with Gasteiger partial charge in [0.25, 0.3) is 0 Å². The summed E-state index contributed by atoms with van der Waals surface area (Å²) in [5.41, 5.74) is 1.78. The van der Waals surface area contributed by atoms with Crippen LogP contribution in [0, 0.1) is 17.8 Å². The van der Waals surface area contributed by atoms with E-state index >= 15 is 0 Å². The highest BCUT2D eigenvalue weighted by atomic mass is 16.5. The molecular weight excluding hydrogens is 328 g/mol. The highest BCUT2D eigenvalue weighted by Crippen LogP contribution is 2.14. The maximum absolute atomic E-state index is 12.6. The van der Waals surface area contributed by atoms with Crippen molar-refractivity contribution in [2.24, 2.45) is 5.92 Å². The van der Waals surface area contributed by atoms with Crippen molar-refractivity contribution in [3.63, 3.8) is 0 Å². The van der Waals surface area contributed by atoms with E-state index in [0.717, 1.165) is 0 Å². The molecule has 0 amide bonds.